The topological polar surface area (TPSA) is 43.4 Å². The number of hydrogen-bond donors (Lipinski definition) is 0. The summed E-state index contributed by atoms with van der Waals surface area (Å²) >= 11 is 0. The summed E-state index contributed by atoms with van der Waals surface area (Å²) in [5.41, 5.74) is 0.300. The SMILES string of the molecule is C#C[C@]1(OC(=O)CCCCCCC)C=C[C@H]2[C@@H]3CCC4=CC(=O)CC[C@@H]4[C@H]3CC[C@@]21CC. The maximum atomic E-state index is 12.8. The largest absolute Gasteiger partial charge is 0.441 e. The molecule has 0 aliphatic heterocycles. The molecule has 0 unspecified atom stereocenters. The molecule has 0 aromatic carbocycles. The van der Waals surface area contributed by atoms with Gasteiger partial charge in [-0.25, -0.2) is 0 Å². The molecule has 4 rings (SSSR count). The fourth-order valence-corrected chi connectivity index (χ4v) is 7.62. The van der Waals surface area contributed by atoms with Crippen LogP contribution in [0, 0.1) is 41.4 Å². The van der Waals surface area contributed by atoms with Gasteiger partial charge in [-0.3, -0.25) is 9.59 Å². The molecule has 0 N–H and O–H groups in total. The molecular weight excluding hydrogens is 396 g/mol. The van der Waals surface area contributed by atoms with E-state index < -0.39 is 5.60 Å². The van der Waals surface area contributed by atoms with Gasteiger partial charge in [0.15, 0.2) is 11.4 Å². The predicted molar refractivity (Wildman–Crippen MR) is 128 cm³/mol. The first kappa shape index (κ1) is 23.3. The summed E-state index contributed by atoms with van der Waals surface area (Å²) in [5, 5.41) is 0. The number of rotatable bonds is 8. The van der Waals surface area contributed by atoms with Crippen molar-refractivity contribution in [2.24, 2.45) is 29.1 Å². The average molecular weight is 437 g/mol. The van der Waals surface area contributed by atoms with Crippen molar-refractivity contribution in [1.29, 1.82) is 0 Å². The van der Waals surface area contributed by atoms with Crippen LogP contribution in [-0.4, -0.2) is 17.4 Å². The van der Waals surface area contributed by atoms with Gasteiger partial charge >= 0.3 is 5.97 Å². The molecule has 3 nitrogen and oxygen atoms in total. The van der Waals surface area contributed by atoms with Gasteiger partial charge in [0.25, 0.3) is 0 Å². The van der Waals surface area contributed by atoms with E-state index in [4.69, 9.17) is 11.2 Å². The molecule has 6 atom stereocenters. The molecule has 0 amide bonds. The molecule has 0 bridgehead atoms. The first-order valence-corrected chi connectivity index (χ1v) is 13.1. The maximum Gasteiger partial charge on any atom is 0.307 e. The number of carbonyl (C=O) groups is 2. The zero-order valence-electron chi connectivity index (χ0n) is 20.0. The van der Waals surface area contributed by atoms with Gasteiger partial charge < -0.3 is 4.74 Å². The van der Waals surface area contributed by atoms with Crippen molar-refractivity contribution in [2.75, 3.05) is 0 Å². The number of terminal acetylenes is 1. The normalized spacial score (nSPS) is 37.7. The van der Waals surface area contributed by atoms with Gasteiger partial charge in [-0.1, -0.05) is 57.1 Å². The Balaban J connectivity index is 1.49. The van der Waals surface area contributed by atoms with Gasteiger partial charge in [-0.15, -0.1) is 6.42 Å². The van der Waals surface area contributed by atoms with Crippen molar-refractivity contribution < 1.29 is 14.3 Å². The molecule has 0 saturated heterocycles. The Morgan fingerprint density at radius 3 is 2.69 bits per heavy atom. The van der Waals surface area contributed by atoms with E-state index in [0.717, 1.165) is 51.4 Å². The summed E-state index contributed by atoms with van der Waals surface area (Å²) in [4.78, 5) is 24.8. The number of ketones is 1. The van der Waals surface area contributed by atoms with Gasteiger partial charge in [0.1, 0.15) is 0 Å². The first-order valence-electron chi connectivity index (χ1n) is 13.1. The van der Waals surface area contributed by atoms with Crippen LogP contribution in [0.15, 0.2) is 23.8 Å². The van der Waals surface area contributed by atoms with Crippen LogP contribution in [0.4, 0.5) is 0 Å². The summed E-state index contributed by atoms with van der Waals surface area (Å²) in [6.45, 7) is 4.42. The summed E-state index contributed by atoms with van der Waals surface area (Å²) < 4.78 is 6.20. The number of carbonyl (C=O) groups excluding carboxylic acids is 2. The molecule has 4 aliphatic carbocycles. The molecule has 0 heterocycles. The Morgan fingerprint density at radius 1 is 1.12 bits per heavy atom. The number of allylic oxidation sites excluding steroid dienone is 3. The van der Waals surface area contributed by atoms with Crippen LogP contribution in [0.25, 0.3) is 0 Å². The second-order valence-corrected chi connectivity index (χ2v) is 10.6. The van der Waals surface area contributed by atoms with Crippen LogP contribution in [0.5, 0.6) is 0 Å². The molecular formula is C29H40O3. The van der Waals surface area contributed by atoms with Crippen molar-refractivity contribution in [2.45, 2.75) is 103 Å². The lowest BCUT2D eigenvalue weighted by molar-refractivity contribution is -0.168. The van der Waals surface area contributed by atoms with Crippen molar-refractivity contribution in [3.8, 4) is 12.3 Å². The Morgan fingerprint density at radius 2 is 1.94 bits per heavy atom. The third-order valence-corrected chi connectivity index (χ3v) is 9.26. The molecule has 3 heteroatoms. The molecule has 0 radical (unpaired) electrons. The Labute approximate surface area is 194 Å². The number of unbranched alkanes of at least 4 members (excludes halogenated alkanes) is 4. The number of fused-ring (bicyclic) bond motifs is 5. The average Bonchev–Trinajstić information content (AvgIpc) is 3.13. The zero-order chi connectivity index (χ0) is 22.8. The minimum Gasteiger partial charge on any atom is -0.441 e. The van der Waals surface area contributed by atoms with Gasteiger partial charge in [-0.2, -0.15) is 0 Å². The highest BCUT2D eigenvalue weighted by Crippen LogP contribution is 2.64. The molecule has 2 saturated carbocycles. The Kier molecular flexibility index (Phi) is 6.99. The minimum absolute atomic E-state index is 0.139. The van der Waals surface area contributed by atoms with Crippen molar-refractivity contribution in [3.63, 3.8) is 0 Å². The van der Waals surface area contributed by atoms with E-state index >= 15 is 0 Å². The van der Waals surface area contributed by atoms with Crippen LogP contribution in [0.3, 0.4) is 0 Å². The van der Waals surface area contributed by atoms with E-state index in [9.17, 15) is 9.59 Å². The highest BCUT2D eigenvalue weighted by Gasteiger charge is 2.63. The third kappa shape index (κ3) is 3.89. The third-order valence-electron chi connectivity index (χ3n) is 9.26. The van der Waals surface area contributed by atoms with E-state index in [0.29, 0.717) is 42.3 Å². The number of hydrogen-bond acceptors (Lipinski definition) is 3. The highest BCUT2D eigenvalue weighted by molar-refractivity contribution is 5.91. The van der Waals surface area contributed by atoms with Crippen LogP contribution >= 0.6 is 0 Å². The van der Waals surface area contributed by atoms with Crippen LogP contribution in [0.2, 0.25) is 0 Å². The van der Waals surface area contributed by atoms with Crippen molar-refractivity contribution in [1.82, 2.24) is 0 Å². The summed E-state index contributed by atoms with van der Waals surface area (Å²) in [5.74, 6) is 5.26. The van der Waals surface area contributed by atoms with Gasteiger partial charge in [0, 0.05) is 18.3 Å². The van der Waals surface area contributed by atoms with Gasteiger partial charge in [-0.05, 0) is 80.8 Å². The second-order valence-electron chi connectivity index (χ2n) is 10.6. The van der Waals surface area contributed by atoms with E-state index in [-0.39, 0.29) is 11.4 Å². The van der Waals surface area contributed by atoms with E-state index in [1.54, 1.807) is 0 Å². The molecule has 4 aliphatic rings. The smallest absolute Gasteiger partial charge is 0.307 e. The lowest BCUT2D eigenvalue weighted by atomic mass is 9.49. The number of ether oxygens (including phenoxy) is 1. The zero-order valence-corrected chi connectivity index (χ0v) is 20.0. The van der Waals surface area contributed by atoms with E-state index in [2.05, 4.69) is 31.9 Å². The Bertz CT molecular complexity index is 830. The van der Waals surface area contributed by atoms with Gasteiger partial charge in [0.05, 0.1) is 0 Å². The lowest BCUT2D eigenvalue weighted by Crippen LogP contribution is -2.55. The van der Waals surface area contributed by atoms with Crippen LogP contribution in [0.1, 0.15) is 97.3 Å². The summed E-state index contributed by atoms with van der Waals surface area (Å²) in [6.07, 6.45) is 25.4. The van der Waals surface area contributed by atoms with Crippen molar-refractivity contribution in [3.05, 3.63) is 23.8 Å². The number of esters is 1. The first-order chi connectivity index (χ1) is 15.5. The maximum absolute atomic E-state index is 12.8. The molecule has 2 fully saturated rings. The monoisotopic (exact) mass is 436 g/mol. The Hall–Kier alpha value is -1.82. The molecule has 0 aromatic rings. The second kappa shape index (κ2) is 9.58. The molecule has 0 aromatic heterocycles. The lowest BCUT2D eigenvalue weighted by Gasteiger charge is -2.56. The molecule has 32 heavy (non-hydrogen) atoms. The fourth-order valence-electron chi connectivity index (χ4n) is 7.62. The van der Waals surface area contributed by atoms with Crippen LogP contribution < -0.4 is 0 Å². The van der Waals surface area contributed by atoms with E-state index in [1.165, 1.54) is 24.8 Å². The van der Waals surface area contributed by atoms with Crippen molar-refractivity contribution >= 4 is 11.8 Å². The molecule has 174 valence electrons. The molecule has 0 spiro atoms. The quantitative estimate of drug-likeness (QED) is 0.187. The highest BCUT2D eigenvalue weighted by atomic mass is 16.6. The summed E-state index contributed by atoms with van der Waals surface area (Å²) in [7, 11) is 0. The van der Waals surface area contributed by atoms with E-state index in [1.807, 2.05) is 6.08 Å². The standard InChI is InChI=1S/C29H40O3/c1-4-7-8-9-10-11-27(31)32-29(6-3)19-17-26-25-14-12-21-20-22(30)13-15-23(21)24(25)16-18-28(26,29)5-2/h3,17,19-20,23-26H,4-5,7-16,18H2,1-2H3/t23-,24+,25+,26-,28-,29-/m0/s1. The van der Waals surface area contributed by atoms with Gasteiger partial charge in [0.2, 0.25) is 0 Å². The predicted octanol–water partition coefficient (Wildman–Crippen LogP) is 6.57. The summed E-state index contributed by atoms with van der Waals surface area (Å²) in [6, 6.07) is 0. The fraction of sp³-hybridized carbons (Fsp3) is 0.724. The van der Waals surface area contributed by atoms with Crippen LogP contribution in [-0.2, 0) is 14.3 Å². The minimum atomic E-state index is -0.906.